The van der Waals surface area contributed by atoms with Crippen LogP contribution in [0.5, 0.6) is 0 Å². The van der Waals surface area contributed by atoms with E-state index in [4.69, 9.17) is 5.73 Å². The monoisotopic (exact) mass is 358 g/mol. The highest BCUT2D eigenvalue weighted by molar-refractivity contribution is 5.88. The SMILES string of the molecule is NC(=O)[C@H](NC(=O)Cc1c(F)c(F)c(F)c(F)c1F)c1ccccc1. The molecule has 0 radical (unpaired) electrons. The van der Waals surface area contributed by atoms with E-state index in [1.165, 1.54) is 12.1 Å². The van der Waals surface area contributed by atoms with Gasteiger partial charge in [0.2, 0.25) is 17.6 Å². The predicted molar refractivity (Wildman–Crippen MR) is 76.5 cm³/mol. The molecule has 0 saturated heterocycles. The maximum atomic E-state index is 13.6. The Balaban J connectivity index is 2.27. The zero-order chi connectivity index (χ0) is 18.7. The van der Waals surface area contributed by atoms with Crippen molar-refractivity contribution in [1.82, 2.24) is 5.32 Å². The molecule has 2 aromatic carbocycles. The molecule has 2 rings (SSSR count). The van der Waals surface area contributed by atoms with E-state index >= 15 is 0 Å². The van der Waals surface area contributed by atoms with Crippen LogP contribution in [0.4, 0.5) is 22.0 Å². The van der Waals surface area contributed by atoms with Crippen molar-refractivity contribution in [2.24, 2.45) is 5.73 Å². The molecule has 0 aromatic heterocycles. The van der Waals surface area contributed by atoms with Crippen LogP contribution in [0.1, 0.15) is 17.2 Å². The molecule has 0 aliphatic rings. The molecule has 9 heteroatoms. The third-order valence-corrected chi connectivity index (χ3v) is 3.36. The Morgan fingerprint density at radius 1 is 0.880 bits per heavy atom. The van der Waals surface area contributed by atoms with Crippen LogP contribution < -0.4 is 11.1 Å². The van der Waals surface area contributed by atoms with Gasteiger partial charge in [0.1, 0.15) is 6.04 Å². The minimum atomic E-state index is -2.32. The van der Waals surface area contributed by atoms with Crippen molar-refractivity contribution in [2.45, 2.75) is 12.5 Å². The summed E-state index contributed by atoms with van der Waals surface area (Å²) in [5.74, 6) is -13.0. The van der Waals surface area contributed by atoms with Crippen LogP contribution in [-0.2, 0) is 16.0 Å². The van der Waals surface area contributed by atoms with Crippen molar-refractivity contribution in [3.8, 4) is 0 Å². The van der Waals surface area contributed by atoms with Gasteiger partial charge in [-0.25, -0.2) is 22.0 Å². The van der Waals surface area contributed by atoms with Gasteiger partial charge in [-0.05, 0) is 5.56 Å². The van der Waals surface area contributed by atoms with E-state index in [2.05, 4.69) is 5.32 Å². The Bertz CT molecular complexity index is 798. The van der Waals surface area contributed by atoms with Gasteiger partial charge in [-0.1, -0.05) is 30.3 Å². The van der Waals surface area contributed by atoms with Gasteiger partial charge in [-0.15, -0.1) is 0 Å². The highest BCUT2D eigenvalue weighted by Crippen LogP contribution is 2.23. The lowest BCUT2D eigenvalue weighted by molar-refractivity contribution is -0.127. The van der Waals surface area contributed by atoms with E-state index in [-0.39, 0.29) is 0 Å². The van der Waals surface area contributed by atoms with Gasteiger partial charge in [0.25, 0.3) is 0 Å². The fourth-order valence-corrected chi connectivity index (χ4v) is 2.14. The quantitative estimate of drug-likeness (QED) is 0.489. The number of halogens is 5. The standard InChI is InChI=1S/C16H11F5N2O2/c17-10-8(11(18)13(20)14(21)12(10)19)6-9(24)23-15(16(22)25)7-4-2-1-3-5-7/h1-5,15H,6H2,(H2,22,25)(H,23,24)/t15-/m1/s1. The number of nitrogens with one attached hydrogen (secondary N) is 1. The highest BCUT2D eigenvalue weighted by atomic mass is 19.2. The summed E-state index contributed by atoms with van der Waals surface area (Å²) in [5, 5.41) is 2.10. The van der Waals surface area contributed by atoms with Crippen molar-refractivity contribution in [3.05, 3.63) is 70.5 Å². The van der Waals surface area contributed by atoms with Crippen LogP contribution in [0.15, 0.2) is 30.3 Å². The van der Waals surface area contributed by atoms with Crippen molar-refractivity contribution in [2.75, 3.05) is 0 Å². The summed E-state index contributed by atoms with van der Waals surface area (Å²) in [7, 11) is 0. The van der Waals surface area contributed by atoms with Gasteiger partial charge in [-0.2, -0.15) is 0 Å². The number of primary amides is 1. The molecule has 0 aliphatic heterocycles. The summed E-state index contributed by atoms with van der Waals surface area (Å²) >= 11 is 0. The normalized spacial score (nSPS) is 11.9. The van der Waals surface area contributed by atoms with E-state index in [9.17, 15) is 31.5 Å². The molecular formula is C16H11F5N2O2. The number of carbonyl (C=O) groups excluding carboxylic acids is 2. The average Bonchev–Trinajstić information content (AvgIpc) is 2.60. The minimum Gasteiger partial charge on any atom is -0.368 e. The van der Waals surface area contributed by atoms with Crippen LogP contribution in [0.3, 0.4) is 0 Å². The molecule has 2 aromatic rings. The number of amides is 2. The molecule has 25 heavy (non-hydrogen) atoms. The third-order valence-electron chi connectivity index (χ3n) is 3.36. The maximum Gasteiger partial charge on any atom is 0.244 e. The topological polar surface area (TPSA) is 72.2 Å². The molecule has 132 valence electrons. The molecule has 0 heterocycles. The molecule has 0 fully saturated rings. The zero-order valence-corrected chi connectivity index (χ0v) is 12.5. The molecule has 0 aliphatic carbocycles. The zero-order valence-electron chi connectivity index (χ0n) is 12.5. The highest BCUT2D eigenvalue weighted by Gasteiger charge is 2.28. The summed E-state index contributed by atoms with van der Waals surface area (Å²) in [6.45, 7) is 0. The van der Waals surface area contributed by atoms with E-state index in [1.54, 1.807) is 18.2 Å². The van der Waals surface area contributed by atoms with Gasteiger partial charge in [0, 0.05) is 5.56 Å². The van der Waals surface area contributed by atoms with Crippen LogP contribution in [0.2, 0.25) is 0 Å². The first-order chi connectivity index (χ1) is 11.7. The largest absolute Gasteiger partial charge is 0.368 e. The molecule has 3 N–H and O–H groups in total. The fraction of sp³-hybridized carbons (Fsp3) is 0.125. The average molecular weight is 358 g/mol. The second kappa shape index (κ2) is 7.29. The second-order valence-electron chi connectivity index (χ2n) is 5.04. The predicted octanol–water partition coefficient (Wildman–Crippen LogP) is 2.27. The molecular weight excluding hydrogens is 347 g/mol. The van der Waals surface area contributed by atoms with Crippen LogP contribution in [0.25, 0.3) is 0 Å². The molecule has 2 amide bonds. The molecule has 4 nitrogen and oxygen atoms in total. The van der Waals surface area contributed by atoms with Crippen molar-refractivity contribution in [1.29, 1.82) is 0 Å². The van der Waals surface area contributed by atoms with Crippen molar-refractivity contribution < 1.29 is 31.5 Å². The number of benzene rings is 2. The smallest absolute Gasteiger partial charge is 0.244 e. The van der Waals surface area contributed by atoms with Crippen molar-refractivity contribution >= 4 is 11.8 Å². The minimum absolute atomic E-state index is 0.292. The van der Waals surface area contributed by atoms with Gasteiger partial charge < -0.3 is 11.1 Å². The molecule has 0 spiro atoms. The first-order valence-corrected chi connectivity index (χ1v) is 6.88. The Kier molecular flexibility index (Phi) is 5.35. The lowest BCUT2D eigenvalue weighted by Crippen LogP contribution is -2.38. The van der Waals surface area contributed by atoms with Gasteiger partial charge in [0.15, 0.2) is 23.3 Å². The molecule has 0 bridgehead atoms. The second-order valence-corrected chi connectivity index (χ2v) is 5.04. The summed E-state index contributed by atoms with van der Waals surface area (Å²) in [4.78, 5) is 23.4. The molecule has 0 saturated carbocycles. The van der Waals surface area contributed by atoms with E-state index in [1.807, 2.05) is 0 Å². The third kappa shape index (κ3) is 3.76. The van der Waals surface area contributed by atoms with Gasteiger partial charge in [-0.3, -0.25) is 9.59 Å². The Morgan fingerprint density at radius 3 is 1.84 bits per heavy atom. The van der Waals surface area contributed by atoms with E-state index < -0.39 is 58.9 Å². The Hall–Kier alpha value is -2.97. The first kappa shape index (κ1) is 18.4. The van der Waals surface area contributed by atoms with E-state index in [0.717, 1.165) is 0 Å². The van der Waals surface area contributed by atoms with Crippen LogP contribution >= 0.6 is 0 Å². The number of hydrogen-bond donors (Lipinski definition) is 2. The number of nitrogens with two attached hydrogens (primary N) is 1. The Labute approximate surface area is 138 Å². The van der Waals surface area contributed by atoms with Crippen LogP contribution in [-0.4, -0.2) is 11.8 Å². The first-order valence-electron chi connectivity index (χ1n) is 6.88. The van der Waals surface area contributed by atoms with E-state index in [0.29, 0.717) is 5.56 Å². The molecule has 0 unspecified atom stereocenters. The van der Waals surface area contributed by atoms with Crippen molar-refractivity contribution in [3.63, 3.8) is 0 Å². The lowest BCUT2D eigenvalue weighted by Gasteiger charge is -2.16. The number of rotatable bonds is 5. The summed E-state index contributed by atoms with van der Waals surface area (Å²) in [6.07, 6.45) is -1.16. The lowest BCUT2D eigenvalue weighted by atomic mass is 10.0. The fourth-order valence-electron chi connectivity index (χ4n) is 2.14. The Morgan fingerprint density at radius 2 is 1.36 bits per heavy atom. The van der Waals surface area contributed by atoms with Gasteiger partial charge >= 0.3 is 0 Å². The summed E-state index contributed by atoms with van der Waals surface area (Å²) in [5.41, 5.74) is 4.16. The van der Waals surface area contributed by atoms with Gasteiger partial charge in [0.05, 0.1) is 6.42 Å². The molecule has 1 atom stereocenters. The number of carbonyl (C=O) groups is 2. The maximum absolute atomic E-state index is 13.6. The summed E-state index contributed by atoms with van der Waals surface area (Å²) < 4.78 is 66.4. The number of hydrogen-bond acceptors (Lipinski definition) is 2. The summed E-state index contributed by atoms with van der Waals surface area (Å²) in [6, 6.07) is 6.36. The van der Waals surface area contributed by atoms with Crippen LogP contribution in [0, 0.1) is 29.1 Å².